The first-order valence-corrected chi connectivity index (χ1v) is 12.9. The molecule has 2 aromatic heterocycles. The highest BCUT2D eigenvalue weighted by Gasteiger charge is 2.34. The van der Waals surface area contributed by atoms with Crippen LogP contribution in [0.1, 0.15) is 53.5 Å². The number of aromatic nitrogens is 3. The third kappa shape index (κ3) is 5.46. The van der Waals surface area contributed by atoms with Gasteiger partial charge in [-0.25, -0.2) is 22.5 Å². The Bertz CT molecular complexity index is 1380. The summed E-state index contributed by atoms with van der Waals surface area (Å²) in [4.78, 5) is 17.0. The molecule has 2 fully saturated rings. The number of nitrogens with two attached hydrogens (primary N) is 1. The Balaban J connectivity index is 1.42. The van der Waals surface area contributed by atoms with Crippen LogP contribution in [0.4, 0.5) is 23.2 Å². The number of pyridine rings is 1. The predicted molar refractivity (Wildman–Crippen MR) is 135 cm³/mol. The summed E-state index contributed by atoms with van der Waals surface area (Å²) in [7, 11) is 1.63. The average Bonchev–Trinajstić information content (AvgIpc) is 3.19. The minimum absolute atomic E-state index is 0.00809. The fourth-order valence-electron chi connectivity index (χ4n) is 5.08. The molecule has 2 saturated heterocycles. The van der Waals surface area contributed by atoms with Crippen molar-refractivity contribution in [1.82, 2.24) is 14.8 Å². The van der Waals surface area contributed by atoms with Crippen molar-refractivity contribution in [3.8, 4) is 11.3 Å². The van der Waals surface area contributed by atoms with Gasteiger partial charge in [0.05, 0.1) is 35.3 Å². The molecule has 0 spiro atoms. The van der Waals surface area contributed by atoms with Crippen LogP contribution in [0.3, 0.4) is 0 Å². The second-order valence-corrected chi connectivity index (χ2v) is 10.1. The van der Waals surface area contributed by atoms with Gasteiger partial charge in [0.15, 0.2) is 0 Å². The van der Waals surface area contributed by atoms with E-state index < -0.39 is 58.5 Å². The zero-order chi connectivity index (χ0) is 28.6. The van der Waals surface area contributed by atoms with Crippen LogP contribution < -0.4 is 11.1 Å². The molecule has 214 valence electrons. The van der Waals surface area contributed by atoms with Gasteiger partial charge in [0.2, 0.25) is 0 Å². The lowest BCUT2D eigenvalue weighted by atomic mass is 9.85. The quantitative estimate of drug-likeness (QED) is 0.405. The summed E-state index contributed by atoms with van der Waals surface area (Å²) in [5.74, 6) is -4.11. The molecular weight excluding hydrogens is 534 g/mol. The molecule has 2 aliphatic heterocycles. The number of aryl methyl sites for hydroxylation is 1. The van der Waals surface area contributed by atoms with Crippen molar-refractivity contribution >= 4 is 11.6 Å². The zero-order valence-electron chi connectivity index (χ0n) is 21.7. The zero-order valence-corrected chi connectivity index (χ0v) is 21.7. The van der Waals surface area contributed by atoms with Crippen LogP contribution in [0.2, 0.25) is 0 Å². The number of carbonyl (C=O) groups is 1. The average molecular weight is 564 g/mol. The molecule has 9 nitrogen and oxygen atoms in total. The number of aliphatic hydroxyl groups is 1. The Morgan fingerprint density at radius 1 is 1.15 bits per heavy atom. The van der Waals surface area contributed by atoms with E-state index in [2.05, 4.69) is 15.4 Å². The van der Waals surface area contributed by atoms with Gasteiger partial charge in [-0.1, -0.05) is 0 Å². The van der Waals surface area contributed by atoms with Crippen molar-refractivity contribution in [3.63, 3.8) is 0 Å². The number of hydrogen-bond acceptors (Lipinski definition) is 7. The molecule has 3 atom stereocenters. The van der Waals surface area contributed by atoms with E-state index in [-0.39, 0.29) is 49.6 Å². The van der Waals surface area contributed by atoms with Gasteiger partial charge in [0.25, 0.3) is 5.91 Å². The van der Waals surface area contributed by atoms with Crippen molar-refractivity contribution in [2.75, 3.05) is 25.1 Å². The number of halogens is 4. The first kappa shape index (κ1) is 28.1. The first-order chi connectivity index (χ1) is 19.1. The second-order valence-electron chi connectivity index (χ2n) is 10.1. The third-order valence-electron chi connectivity index (χ3n) is 7.44. The highest BCUT2D eigenvalue weighted by Crippen LogP contribution is 2.37. The molecule has 1 amide bonds. The van der Waals surface area contributed by atoms with Crippen molar-refractivity contribution < 1.29 is 36.9 Å². The number of nitrogens with zero attached hydrogens (tertiary/aromatic N) is 3. The maximum atomic E-state index is 15.2. The summed E-state index contributed by atoms with van der Waals surface area (Å²) in [6, 6.07) is 3.18. The predicted octanol–water partition coefficient (Wildman–Crippen LogP) is 3.67. The Morgan fingerprint density at radius 2 is 1.85 bits per heavy atom. The van der Waals surface area contributed by atoms with E-state index in [4.69, 9.17) is 15.2 Å². The minimum atomic E-state index is -1.48. The number of ether oxygens (including phenoxy) is 2. The summed E-state index contributed by atoms with van der Waals surface area (Å²) >= 11 is 0. The summed E-state index contributed by atoms with van der Waals surface area (Å²) in [5.41, 5.74) is 3.28. The molecule has 0 saturated carbocycles. The monoisotopic (exact) mass is 563 g/mol. The van der Waals surface area contributed by atoms with E-state index in [1.54, 1.807) is 7.05 Å². The van der Waals surface area contributed by atoms with Crippen LogP contribution >= 0.6 is 0 Å². The van der Waals surface area contributed by atoms with Gasteiger partial charge in [-0.2, -0.15) is 5.10 Å². The van der Waals surface area contributed by atoms with Gasteiger partial charge in [0.1, 0.15) is 41.1 Å². The van der Waals surface area contributed by atoms with E-state index in [0.717, 1.165) is 24.3 Å². The molecule has 2 aliphatic rings. The van der Waals surface area contributed by atoms with Crippen LogP contribution in [-0.4, -0.2) is 57.8 Å². The van der Waals surface area contributed by atoms with Gasteiger partial charge in [0, 0.05) is 39.1 Å². The number of carbonyl (C=O) groups excluding carboxylic acids is 1. The summed E-state index contributed by atoms with van der Waals surface area (Å²) in [5, 5.41) is 17.6. The molecule has 0 bridgehead atoms. The van der Waals surface area contributed by atoms with Gasteiger partial charge in [-0.05, 0) is 42.7 Å². The Labute approximate surface area is 227 Å². The molecule has 4 heterocycles. The van der Waals surface area contributed by atoms with E-state index >= 15 is 8.78 Å². The SMILES string of the molecule is Cn1ncc(NC(=O)c2ccc(F)c(-c3c(F)cc(C4(O)CCOCC4)cc3F)n2)c1C1CCC(N)C(F)CO1. The van der Waals surface area contributed by atoms with Gasteiger partial charge in [-0.3, -0.25) is 9.48 Å². The maximum absolute atomic E-state index is 15.2. The summed E-state index contributed by atoms with van der Waals surface area (Å²) in [6.07, 6.45) is 0.491. The van der Waals surface area contributed by atoms with E-state index in [1.807, 2.05) is 0 Å². The molecular formula is C27H29F4N5O4. The standard InChI is InChI=1S/C27H29F4N5O4/c1-36-25(22-5-3-19(32)18(31)13-40-22)21(12-33-36)35-26(37)20-4-2-15(28)24(34-20)23-16(29)10-14(11-17(23)30)27(38)6-8-39-9-7-27/h2,4,10-12,18-19,22,38H,3,5-9,13,32H2,1H3,(H,35,37). The Kier molecular flexibility index (Phi) is 7.91. The lowest BCUT2D eigenvalue weighted by Crippen LogP contribution is -2.33. The number of alkyl halides is 1. The molecule has 5 rings (SSSR count). The lowest BCUT2D eigenvalue weighted by molar-refractivity contribution is -0.0682. The van der Waals surface area contributed by atoms with Crippen LogP contribution in [0.15, 0.2) is 30.5 Å². The van der Waals surface area contributed by atoms with E-state index in [1.165, 1.54) is 10.9 Å². The van der Waals surface area contributed by atoms with Gasteiger partial charge in [-0.15, -0.1) is 0 Å². The molecule has 1 aromatic carbocycles. The van der Waals surface area contributed by atoms with Crippen molar-refractivity contribution in [1.29, 1.82) is 0 Å². The molecule has 13 heteroatoms. The molecule has 0 aliphatic carbocycles. The number of amides is 1. The van der Waals surface area contributed by atoms with Crippen LogP contribution in [0.25, 0.3) is 11.3 Å². The third-order valence-corrected chi connectivity index (χ3v) is 7.44. The van der Waals surface area contributed by atoms with Crippen molar-refractivity contribution in [2.45, 2.75) is 49.6 Å². The topological polar surface area (TPSA) is 125 Å². The van der Waals surface area contributed by atoms with E-state index in [9.17, 15) is 18.7 Å². The molecule has 40 heavy (non-hydrogen) atoms. The maximum Gasteiger partial charge on any atom is 0.274 e. The van der Waals surface area contributed by atoms with Gasteiger partial charge >= 0.3 is 0 Å². The molecule has 3 unspecified atom stereocenters. The highest BCUT2D eigenvalue weighted by molar-refractivity contribution is 6.03. The Hall–Kier alpha value is -3.39. The molecule has 0 radical (unpaired) electrons. The molecule has 3 aromatic rings. The normalized spacial score (nSPS) is 23.0. The van der Waals surface area contributed by atoms with Crippen molar-refractivity contribution in [2.24, 2.45) is 12.8 Å². The highest BCUT2D eigenvalue weighted by atomic mass is 19.1. The minimum Gasteiger partial charge on any atom is -0.385 e. The number of hydrogen-bond donors (Lipinski definition) is 3. The molecule has 4 N–H and O–H groups in total. The van der Waals surface area contributed by atoms with Crippen LogP contribution in [0, 0.1) is 17.5 Å². The Morgan fingerprint density at radius 3 is 2.55 bits per heavy atom. The number of rotatable bonds is 5. The fraction of sp³-hybridized carbons (Fsp3) is 0.444. The van der Waals surface area contributed by atoms with Crippen LogP contribution in [-0.2, 0) is 22.1 Å². The summed E-state index contributed by atoms with van der Waals surface area (Å²) < 4.78 is 71.6. The number of benzene rings is 1. The first-order valence-electron chi connectivity index (χ1n) is 12.9. The van der Waals surface area contributed by atoms with Crippen molar-refractivity contribution in [3.05, 3.63) is 64.9 Å². The van der Waals surface area contributed by atoms with E-state index in [0.29, 0.717) is 18.5 Å². The second kappa shape index (κ2) is 11.2. The number of anilines is 1. The lowest BCUT2D eigenvalue weighted by Gasteiger charge is -2.32. The smallest absolute Gasteiger partial charge is 0.274 e. The number of nitrogens with one attached hydrogen (secondary N) is 1. The fourth-order valence-corrected chi connectivity index (χ4v) is 5.08. The van der Waals surface area contributed by atoms with Gasteiger partial charge < -0.3 is 25.6 Å². The summed E-state index contributed by atoms with van der Waals surface area (Å²) in [6.45, 7) is 0.239. The van der Waals surface area contributed by atoms with Crippen LogP contribution in [0.5, 0.6) is 0 Å². The largest absolute Gasteiger partial charge is 0.385 e.